The fraction of sp³-hybridized carbons (Fsp3) is 0.310. The Hall–Kier alpha value is -3.67. The molecule has 0 aliphatic carbocycles. The number of hydrogen-bond acceptors (Lipinski definition) is 3. The normalized spacial score (nSPS) is 12.5. The van der Waals surface area contributed by atoms with E-state index in [4.69, 9.17) is 4.74 Å². The maximum Gasteiger partial charge on any atom is 0.261 e. The smallest absolute Gasteiger partial charge is 0.261 e. The number of carbonyl (C=O) groups excluding carboxylic acids is 2. The summed E-state index contributed by atoms with van der Waals surface area (Å²) in [7, 11) is 0. The quantitative estimate of drug-likeness (QED) is 0.421. The second-order valence-electron chi connectivity index (χ2n) is 8.75. The van der Waals surface area contributed by atoms with Crippen molar-refractivity contribution in [3.05, 3.63) is 101 Å². The zero-order chi connectivity index (χ0) is 25.2. The molecule has 0 heterocycles. The minimum absolute atomic E-state index is 0.0000201. The van der Waals surface area contributed by atoms with Crippen molar-refractivity contribution in [1.82, 2.24) is 10.2 Å². The van der Waals surface area contributed by atoms with Gasteiger partial charge in [-0.15, -0.1) is 0 Å². The zero-order valence-corrected chi connectivity index (χ0v) is 20.5. The summed E-state index contributed by atoms with van der Waals surface area (Å²) in [5, 5.41) is 3.03. The van der Waals surface area contributed by atoms with Gasteiger partial charge in [-0.3, -0.25) is 9.59 Å². The summed E-state index contributed by atoms with van der Waals surface area (Å²) in [5.74, 6) is -1.16. The van der Waals surface area contributed by atoms with E-state index in [1.165, 1.54) is 12.1 Å². The van der Waals surface area contributed by atoms with Crippen molar-refractivity contribution < 1.29 is 18.7 Å². The molecule has 0 aliphatic rings. The molecule has 0 unspecified atom stereocenters. The van der Waals surface area contributed by atoms with Gasteiger partial charge in [-0.25, -0.2) is 4.39 Å². The molecule has 3 rings (SSSR count). The number of nitrogens with zero attached hydrogens (tertiary/aromatic N) is 1. The summed E-state index contributed by atoms with van der Waals surface area (Å²) in [6.45, 7) is 5.76. The Morgan fingerprint density at radius 1 is 0.971 bits per heavy atom. The van der Waals surface area contributed by atoms with Crippen LogP contribution in [0.3, 0.4) is 0 Å². The summed E-state index contributed by atoms with van der Waals surface area (Å²) < 4.78 is 19.6. The van der Waals surface area contributed by atoms with Crippen LogP contribution in [-0.4, -0.2) is 35.4 Å². The van der Waals surface area contributed by atoms with Gasteiger partial charge in [0, 0.05) is 19.0 Å². The van der Waals surface area contributed by atoms with Crippen LogP contribution in [0.1, 0.15) is 37.0 Å². The number of carbonyl (C=O) groups is 2. The molecule has 0 fully saturated rings. The van der Waals surface area contributed by atoms with E-state index in [1.54, 1.807) is 17.0 Å². The third kappa shape index (κ3) is 7.67. The van der Waals surface area contributed by atoms with E-state index in [0.717, 1.165) is 23.1 Å². The lowest BCUT2D eigenvalue weighted by atomic mass is 10.0. The van der Waals surface area contributed by atoms with E-state index < -0.39 is 17.8 Å². The zero-order valence-electron chi connectivity index (χ0n) is 20.5. The Morgan fingerprint density at radius 3 is 2.34 bits per heavy atom. The summed E-state index contributed by atoms with van der Waals surface area (Å²) >= 11 is 0. The number of aryl methyl sites for hydroxylation is 1. The van der Waals surface area contributed by atoms with Gasteiger partial charge >= 0.3 is 0 Å². The molecule has 0 aliphatic heterocycles. The highest BCUT2D eigenvalue weighted by molar-refractivity contribution is 5.88. The Balaban J connectivity index is 1.92. The lowest BCUT2D eigenvalue weighted by molar-refractivity contribution is -0.143. The van der Waals surface area contributed by atoms with Gasteiger partial charge in [-0.1, -0.05) is 79.2 Å². The Labute approximate surface area is 206 Å². The molecular weight excluding hydrogens is 443 g/mol. The Bertz CT molecular complexity index is 1120. The molecule has 2 atom stereocenters. The Morgan fingerprint density at radius 2 is 1.66 bits per heavy atom. The third-order valence-electron chi connectivity index (χ3n) is 5.90. The Kier molecular flexibility index (Phi) is 9.41. The summed E-state index contributed by atoms with van der Waals surface area (Å²) in [6.07, 6.45) is 1.12. The third-order valence-corrected chi connectivity index (χ3v) is 5.90. The van der Waals surface area contributed by atoms with Crippen LogP contribution >= 0.6 is 0 Å². The van der Waals surface area contributed by atoms with Crippen LogP contribution in [0.15, 0.2) is 78.9 Å². The lowest BCUT2D eigenvalue weighted by Crippen LogP contribution is -2.53. The molecule has 3 aromatic rings. The van der Waals surface area contributed by atoms with E-state index >= 15 is 0 Å². The number of rotatable bonds is 11. The number of halogens is 1. The second kappa shape index (κ2) is 12.7. The van der Waals surface area contributed by atoms with Crippen LogP contribution in [0.2, 0.25) is 0 Å². The molecule has 2 amide bonds. The number of ether oxygens (including phenoxy) is 1. The molecule has 0 saturated carbocycles. The topological polar surface area (TPSA) is 58.6 Å². The molecule has 5 nitrogen and oxygen atoms in total. The summed E-state index contributed by atoms with van der Waals surface area (Å²) in [5.41, 5.74) is 2.90. The van der Waals surface area contributed by atoms with Crippen molar-refractivity contribution in [2.75, 3.05) is 6.61 Å². The predicted octanol–water partition coefficient (Wildman–Crippen LogP) is 5.07. The van der Waals surface area contributed by atoms with Gasteiger partial charge in [0.2, 0.25) is 5.91 Å². The van der Waals surface area contributed by atoms with Gasteiger partial charge < -0.3 is 15.0 Å². The number of benzene rings is 3. The predicted molar refractivity (Wildman–Crippen MR) is 135 cm³/mol. The maximum atomic E-state index is 14.1. The van der Waals surface area contributed by atoms with E-state index in [2.05, 4.69) is 5.32 Å². The number of amides is 2. The van der Waals surface area contributed by atoms with Crippen molar-refractivity contribution in [2.45, 2.75) is 52.2 Å². The molecular formula is C29H33FN2O3. The average Bonchev–Trinajstić information content (AvgIpc) is 2.86. The largest absolute Gasteiger partial charge is 0.481 e. The van der Waals surface area contributed by atoms with Gasteiger partial charge in [-0.05, 0) is 43.5 Å². The molecule has 0 spiro atoms. The molecule has 184 valence electrons. The number of nitrogens with one attached hydrogen (secondary N) is 1. The number of hydrogen-bond donors (Lipinski definition) is 1. The molecule has 1 N–H and O–H groups in total. The van der Waals surface area contributed by atoms with Crippen molar-refractivity contribution in [2.24, 2.45) is 0 Å². The maximum absolute atomic E-state index is 14.1. The highest BCUT2D eigenvalue weighted by Crippen LogP contribution is 2.19. The average molecular weight is 477 g/mol. The molecule has 6 heteroatoms. The van der Waals surface area contributed by atoms with Crippen LogP contribution in [0.25, 0.3) is 0 Å². The number of para-hydroxylation sites is 1. The van der Waals surface area contributed by atoms with Gasteiger partial charge in [0.15, 0.2) is 18.2 Å². The molecule has 3 aromatic carbocycles. The first-order chi connectivity index (χ1) is 16.9. The molecule has 35 heavy (non-hydrogen) atoms. The molecule has 0 bridgehead atoms. The van der Waals surface area contributed by atoms with Crippen LogP contribution in [0, 0.1) is 12.7 Å². The second-order valence-corrected chi connectivity index (χ2v) is 8.75. The van der Waals surface area contributed by atoms with Crippen LogP contribution in [0.5, 0.6) is 5.75 Å². The summed E-state index contributed by atoms with van der Waals surface area (Å²) in [6, 6.07) is 22.6. The molecule has 0 radical (unpaired) electrons. The van der Waals surface area contributed by atoms with Crippen molar-refractivity contribution >= 4 is 11.8 Å². The van der Waals surface area contributed by atoms with Gasteiger partial charge in [0.25, 0.3) is 5.91 Å². The van der Waals surface area contributed by atoms with Crippen LogP contribution in [0.4, 0.5) is 4.39 Å². The van der Waals surface area contributed by atoms with E-state index in [1.807, 2.05) is 75.4 Å². The lowest BCUT2D eigenvalue weighted by Gasteiger charge is -2.32. The van der Waals surface area contributed by atoms with E-state index in [9.17, 15) is 14.0 Å². The standard InChI is InChI=1S/C29H33FN2O3/c1-4-22(3)31-29(34)26(18-23-12-6-5-7-13-23)32(19-24-14-10-11-21(2)17-24)28(33)20-35-27-16-9-8-15-25(27)30/h5-17,22,26H,4,18-20H2,1-3H3,(H,31,34)/t22-,26+/m1/s1. The summed E-state index contributed by atoms with van der Waals surface area (Å²) in [4.78, 5) is 28.5. The van der Waals surface area contributed by atoms with Gasteiger partial charge in [0.05, 0.1) is 0 Å². The molecule has 0 saturated heterocycles. The van der Waals surface area contributed by atoms with E-state index in [-0.39, 0.29) is 30.9 Å². The molecule has 0 aromatic heterocycles. The first kappa shape index (κ1) is 25.9. The van der Waals surface area contributed by atoms with Crippen molar-refractivity contribution in [3.63, 3.8) is 0 Å². The minimum atomic E-state index is -0.761. The first-order valence-corrected chi connectivity index (χ1v) is 11.9. The van der Waals surface area contributed by atoms with Crippen molar-refractivity contribution in [1.29, 1.82) is 0 Å². The highest BCUT2D eigenvalue weighted by atomic mass is 19.1. The first-order valence-electron chi connectivity index (χ1n) is 11.9. The SMILES string of the molecule is CC[C@@H](C)NC(=O)[C@H](Cc1ccccc1)N(Cc1cccc(C)c1)C(=O)COc1ccccc1F. The van der Waals surface area contributed by atoms with E-state index in [0.29, 0.717) is 6.42 Å². The van der Waals surface area contributed by atoms with Crippen LogP contribution < -0.4 is 10.1 Å². The fourth-order valence-electron chi connectivity index (χ4n) is 3.79. The van der Waals surface area contributed by atoms with Crippen molar-refractivity contribution in [3.8, 4) is 5.75 Å². The van der Waals surface area contributed by atoms with Gasteiger partial charge in [-0.2, -0.15) is 0 Å². The van der Waals surface area contributed by atoms with Crippen LogP contribution in [-0.2, 0) is 22.6 Å². The fourth-order valence-corrected chi connectivity index (χ4v) is 3.79. The highest BCUT2D eigenvalue weighted by Gasteiger charge is 2.31. The minimum Gasteiger partial charge on any atom is -0.481 e. The van der Waals surface area contributed by atoms with Gasteiger partial charge in [0.1, 0.15) is 6.04 Å². The monoisotopic (exact) mass is 476 g/mol.